The summed E-state index contributed by atoms with van der Waals surface area (Å²) in [4.78, 5) is 39.6. The number of amides is 3. The van der Waals surface area contributed by atoms with Crippen LogP contribution in [-0.2, 0) is 27.3 Å². The fourth-order valence-electron chi connectivity index (χ4n) is 2.91. The van der Waals surface area contributed by atoms with Crippen LogP contribution in [-0.4, -0.2) is 51.9 Å². The van der Waals surface area contributed by atoms with Gasteiger partial charge in [-0.1, -0.05) is 5.16 Å². The monoisotopic (exact) mass is 436 g/mol. The largest absolute Gasteiger partial charge is 0.360 e. The number of hydrogen-bond donors (Lipinski definition) is 2. The molecule has 0 radical (unpaired) electrons. The number of rotatable bonds is 8. The van der Waals surface area contributed by atoms with Gasteiger partial charge in [0.15, 0.2) is 5.82 Å². The average Bonchev–Trinajstić information content (AvgIpc) is 3.33. The Bertz CT molecular complexity index is 879. The molecular weight excluding hydrogens is 412 g/mol. The molecule has 3 rings (SSSR count). The van der Waals surface area contributed by atoms with Gasteiger partial charge in [0.05, 0.1) is 11.0 Å². The molecule has 1 unspecified atom stereocenters. The van der Waals surface area contributed by atoms with Gasteiger partial charge in [-0.05, 0) is 37.3 Å². The minimum absolute atomic E-state index is 0.0467. The molecule has 1 aliphatic heterocycles. The zero-order chi connectivity index (χ0) is 20.8. The maximum Gasteiger partial charge on any atom is 0.238 e. The van der Waals surface area contributed by atoms with Gasteiger partial charge in [0.1, 0.15) is 5.76 Å². The van der Waals surface area contributed by atoms with Gasteiger partial charge in [0.2, 0.25) is 17.7 Å². The van der Waals surface area contributed by atoms with Crippen LogP contribution in [0.5, 0.6) is 0 Å². The van der Waals surface area contributed by atoms with Gasteiger partial charge < -0.3 is 20.1 Å². The Morgan fingerprint density at radius 1 is 1.41 bits per heavy atom. The molecule has 0 saturated carbocycles. The molecular formula is C19H24N4O4S2. The predicted octanol–water partition coefficient (Wildman–Crippen LogP) is 2.20. The number of aromatic nitrogens is 1. The second kappa shape index (κ2) is 9.93. The van der Waals surface area contributed by atoms with E-state index in [1.54, 1.807) is 31.3 Å². The molecule has 1 atom stereocenters. The molecule has 156 valence electrons. The van der Waals surface area contributed by atoms with E-state index in [4.69, 9.17) is 4.52 Å². The highest BCUT2D eigenvalue weighted by atomic mass is 32.2. The van der Waals surface area contributed by atoms with Crippen molar-refractivity contribution < 1.29 is 18.9 Å². The predicted molar refractivity (Wildman–Crippen MR) is 113 cm³/mol. The summed E-state index contributed by atoms with van der Waals surface area (Å²) in [6.45, 7) is 5.14. The minimum atomic E-state index is -0.424. The summed E-state index contributed by atoms with van der Waals surface area (Å²) in [5.74, 6) is 0.709. The third-order valence-corrected chi connectivity index (χ3v) is 6.70. The molecule has 3 heterocycles. The van der Waals surface area contributed by atoms with E-state index in [2.05, 4.69) is 27.2 Å². The van der Waals surface area contributed by atoms with Crippen molar-refractivity contribution in [3.05, 3.63) is 33.7 Å². The van der Waals surface area contributed by atoms with Crippen LogP contribution in [0.2, 0.25) is 0 Å². The Hall–Kier alpha value is -2.33. The standard InChI is InChI=1S/C19H24N4O4S2/c1-12-9-16(22-27-12)21-19(26)13(2)29-11-17(24)20-6-3-18(25)23-7-4-15-14(10-23)5-8-28-15/h5,8-9,13H,3-4,6-7,10-11H2,1-2H3,(H,20,24)(H,21,22,26). The number of thiophene rings is 1. The van der Waals surface area contributed by atoms with Crippen LogP contribution in [0.1, 0.15) is 29.5 Å². The van der Waals surface area contributed by atoms with E-state index in [9.17, 15) is 14.4 Å². The average molecular weight is 437 g/mol. The van der Waals surface area contributed by atoms with Gasteiger partial charge >= 0.3 is 0 Å². The van der Waals surface area contributed by atoms with E-state index < -0.39 is 5.25 Å². The van der Waals surface area contributed by atoms with Crippen molar-refractivity contribution in [1.29, 1.82) is 0 Å². The molecule has 0 bridgehead atoms. The summed E-state index contributed by atoms with van der Waals surface area (Å²) >= 11 is 2.96. The van der Waals surface area contributed by atoms with Gasteiger partial charge in [-0.25, -0.2) is 0 Å². The van der Waals surface area contributed by atoms with Crippen LogP contribution in [0.3, 0.4) is 0 Å². The maximum absolute atomic E-state index is 12.3. The number of nitrogens with zero attached hydrogens (tertiary/aromatic N) is 2. The van der Waals surface area contributed by atoms with Gasteiger partial charge in [-0.15, -0.1) is 23.1 Å². The van der Waals surface area contributed by atoms with Crippen LogP contribution < -0.4 is 10.6 Å². The first kappa shape index (κ1) is 21.4. The second-order valence-corrected chi connectivity index (χ2v) is 9.13. The van der Waals surface area contributed by atoms with Crippen LogP contribution in [0, 0.1) is 6.92 Å². The molecule has 0 spiro atoms. The Morgan fingerprint density at radius 3 is 3.00 bits per heavy atom. The fourth-order valence-corrected chi connectivity index (χ4v) is 4.51. The zero-order valence-corrected chi connectivity index (χ0v) is 18.0. The number of aryl methyl sites for hydroxylation is 1. The third kappa shape index (κ3) is 6.07. The van der Waals surface area contributed by atoms with Crippen LogP contribution in [0.4, 0.5) is 5.82 Å². The first-order valence-corrected chi connectivity index (χ1v) is 11.3. The maximum atomic E-state index is 12.3. The van der Waals surface area contributed by atoms with Gasteiger partial charge in [0.25, 0.3) is 0 Å². The molecule has 29 heavy (non-hydrogen) atoms. The van der Waals surface area contributed by atoms with Crippen LogP contribution in [0.25, 0.3) is 0 Å². The lowest BCUT2D eigenvalue weighted by Gasteiger charge is -2.27. The first-order valence-electron chi connectivity index (χ1n) is 9.38. The highest BCUT2D eigenvalue weighted by Gasteiger charge is 2.21. The number of fused-ring (bicyclic) bond motifs is 1. The first-order chi connectivity index (χ1) is 13.9. The summed E-state index contributed by atoms with van der Waals surface area (Å²) in [7, 11) is 0. The van der Waals surface area contributed by atoms with E-state index in [1.165, 1.54) is 22.2 Å². The smallest absolute Gasteiger partial charge is 0.238 e. The van der Waals surface area contributed by atoms with Crippen molar-refractivity contribution in [3.63, 3.8) is 0 Å². The second-order valence-electron chi connectivity index (χ2n) is 6.80. The molecule has 0 aliphatic carbocycles. The lowest BCUT2D eigenvalue weighted by Crippen LogP contribution is -2.38. The highest BCUT2D eigenvalue weighted by Crippen LogP contribution is 2.24. The number of anilines is 1. The Balaban J connectivity index is 1.31. The number of hydrogen-bond acceptors (Lipinski definition) is 7. The van der Waals surface area contributed by atoms with E-state index in [0.29, 0.717) is 24.7 Å². The molecule has 3 amide bonds. The zero-order valence-electron chi connectivity index (χ0n) is 16.4. The number of thioether (sulfide) groups is 1. The highest BCUT2D eigenvalue weighted by molar-refractivity contribution is 8.01. The molecule has 2 N–H and O–H groups in total. The lowest BCUT2D eigenvalue weighted by atomic mass is 10.1. The normalized spacial score (nSPS) is 14.2. The fraction of sp³-hybridized carbons (Fsp3) is 0.474. The molecule has 8 nitrogen and oxygen atoms in total. The summed E-state index contributed by atoms with van der Waals surface area (Å²) < 4.78 is 4.90. The van der Waals surface area contributed by atoms with Gasteiger partial charge in [0, 0.05) is 37.0 Å². The molecule has 2 aromatic rings. The molecule has 10 heteroatoms. The lowest BCUT2D eigenvalue weighted by molar-refractivity contribution is -0.132. The number of nitrogens with one attached hydrogen (secondary N) is 2. The number of carbonyl (C=O) groups excluding carboxylic acids is 3. The molecule has 0 fully saturated rings. The van der Waals surface area contributed by atoms with Gasteiger partial charge in [-0.3, -0.25) is 14.4 Å². The van der Waals surface area contributed by atoms with Crippen molar-refractivity contribution >= 4 is 46.6 Å². The quantitative estimate of drug-likeness (QED) is 0.657. The molecule has 1 aliphatic rings. The Labute approximate surface area is 177 Å². The third-order valence-electron chi connectivity index (χ3n) is 4.53. The van der Waals surface area contributed by atoms with Crippen LogP contribution in [0.15, 0.2) is 22.0 Å². The summed E-state index contributed by atoms with van der Waals surface area (Å²) in [5, 5.41) is 10.7. The van der Waals surface area contributed by atoms with E-state index in [0.717, 1.165) is 13.0 Å². The van der Waals surface area contributed by atoms with Crippen LogP contribution >= 0.6 is 23.1 Å². The van der Waals surface area contributed by atoms with E-state index >= 15 is 0 Å². The number of carbonyl (C=O) groups is 3. The van der Waals surface area contributed by atoms with Crippen molar-refractivity contribution in [2.24, 2.45) is 0 Å². The van der Waals surface area contributed by atoms with Crippen molar-refractivity contribution in [2.75, 3.05) is 24.2 Å². The van der Waals surface area contributed by atoms with Crippen molar-refractivity contribution in [1.82, 2.24) is 15.4 Å². The van der Waals surface area contributed by atoms with Crippen molar-refractivity contribution in [2.45, 2.75) is 38.5 Å². The van der Waals surface area contributed by atoms with Crippen molar-refractivity contribution in [3.8, 4) is 0 Å². The summed E-state index contributed by atoms with van der Waals surface area (Å²) in [6.07, 6.45) is 1.17. The Morgan fingerprint density at radius 2 is 2.24 bits per heavy atom. The summed E-state index contributed by atoms with van der Waals surface area (Å²) in [5.41, 5.74) is 1.23. The molecule has 2 aromatic heterocycles. The minimum Gasteiger partial charge on any atom is -0.360 e. The Kier molecular flexibility index (Phi) is 7.32. The summed E-state index contributed by atoms with van der Waals surface area (Å²) in [6, 6.07) is 3.69. The SMILES string of the molecule is Cc1cc(NC(=O)C(C)SCC(=O)NCCC(=O)N2CCc3sccc3C2)no1. The van der Waals surface area contributed by atoms with Gasteiger partial charge in [-0.2, -0.15) is 0 Å². The molecule has 0 aromatic carbocycles. The van der Waals surface area contributed by atoms with E-state index in [-0.39, 0.29) is 29.9 Å². The topological polar surface area (TPSA) is 105 Å². The molecule has 0 saturated heterocycles. The van der Waals surface area contributed by atoms with E-state index in [1.807, 2.05) is 4.90 Å².